The van der Waals surface area contributed by atoms with Gasteiger partial charge in [0.25, 0.3) is 0 Å². The molecule has 0 saturated carbocycles. The van der Waals surface area contributed by atoms with Crippen LogP contribution >= 0.6 is 11.3 Å². The predicted octanol–water partition coefficient (Wildman–Crippen LogP) is 5.36. The topological polar surface area (TPSA) is 63.2 Å². The highest BCUT2D eigenvalue weighted by molar-refractivity contribution is 7.14. The number of halogens is 3. The lowest BCUT2D eigenvalue weighted by Gasteiger charge is -2.25. The van der Waals surface area contributed by atoms with Gasteiger partial charge in [0.1, 0.15) is 16.5 Å². The van der Waals surface area contributed by atoms with Crippen molar-refractivity contribution < 1.29 is 17.9 Å². The Morgan fingerprint density at radius 2 is 1.94 bits per heavy atom. The number of benzene rings is 1. The Labute approximate surface area is 182 Å². The number of hydrogen-bond acceptors (Lipinski definition) is 7. The van der Waals surface area contributed by atoms with Gasteiger partial charge in [0.05, 0.1) is 12.7 Å². The van der Waals surface area contributed by atoms with Gasteiger partial charge in [-0.05, 0) is 44.1 Å². The maximum Gasteiger partial charge on any atom is 0.416 e. The monoisotopic (exact) mass is 449 g/mol. The smallest absolute Gasteiger partial charge is 0.416 e. The van der Waals surface area contributed by atoms with Gasteiger partial charge in [-0.25, -0.2) is 15.0 Å². The van der Waals surface area contributed by atoms with Crippen molar-refractivity contribution in [1.29, 1.82) is 0 Å². The van der Waals surface area contributed by atoms with Gasteiger partial charge in [0, 0.05) is 35.6 Å². The van der Waals surface area contributed by atoms with E-state index in [4.69, 9.17) is 4.74 Å². The molecule has 164 valence electrons. The van der Waals surface area contributed by atoms with Gasteiger partial charge in [-0.3, -0.25) is 4.90 Å². The molecule has 1 N–H and O–H groups in total. The lowest BCUT2D eigenvalue weighted by Crippen LogP contribution is -2.28. The molecule has 0 aliphatic carbocycles. The molecule has 0 amide bonds. The van der Waals surface area contributed by atoms with Crippen molar-refractivity contribution in [2.24, 2.45) is 0 Å². The molecule has 6 nitrogen and oxygen atoms in total. The summed E-state index contributed by atoms with van der Waals surface area (Å²) in [6.07, 6.45) is 2.68. The first kappa shape index (κ1) is 21.5. The second kappa shape index (κ2) is 9.19. The second-order valence-corrected chi connectivity index (χ2v) is 8.42. The molecule has 2 aromatic heterocycles. The minimum atomic E-state index is -4.49. The van der Waals surface area contributed by atoms with Crippen LogP contribution in [0.2, 0.25) is 0 Å². The third-order valence-corrected chi connectivity index (χ3v) is 5.99. The molecule has 0 atom stereocenters. The third kappa shape index (κ3) is 5.50. The van der Waals surface area contributed by atoms with Crippen molar-refractivity contribution in [1.82, 2.24) is 19.9 Å². The number of nitrogens with one attached hydrogen (secondary N) is 1. The van der Waals surface area contributed by atoms with Gasteiger partial charge in [0.2, 0.25) is 5.95 Å². The van der Waals surface area contributed by atoms with Crippen LogP contribution in [0.25, 0.3) is 10.7 Å². The van der Waals surface area contributed by atoms with Crippen LogP contribution in [0.5, 0.6) is 5.75 Å². The van der Waals surface area contributed by atoms with Crippen LogP contribution in [0.1, 0.15) is 29.7 Å². The molecule has 4 rings (SSSR count). The summed E-state index contributed by atoms with van der Waals surface area (Å²) >= 11 is 1.57. The van der Waals surface area contributed by atoms with E-state index in [9.17, 15) is 13.2 Å². The Morgan fingerprint density at radius 1 is 1.13 bits per heavy atom. The SMILES string of the molecule is COc1cc(Nc2nccc(-c3ncc(CN4CCCCC4)s3)n2)cc(C(F)(F)F)c1. The number of nitrogens with zero attached hydrogens (tertiary/aromatic N) is 4. The van der Waals surface area contributed by atoms with Crippen LogP contribution in [0, 0.1) is 0 Å². The summed E-state index contributed by atoms with van der Waals surface area (Å²) < 4.78 is 44.5. The van der Waals surface area contributed by atoms with E-state index in [-0.39, 0.29) is 17.4 Å². The van der Waals surface area contributed by atoms with E-state index in [2.05, 4.69) is 25.2 Å². The molecule has 3 aromatic rings. The zero-order chi connectivity index (χ0) is 21.8. The summed E-state index contributed by atoms with van der Waals surface area (Å²) in [6.45, 7) is 3.09. The number of methoxy groups -OCH3 is 1. The van der Waals surface area contributed by atoms with Gasteiger partial charge in [-0.15, -0.1) is 11.3 Å². The fraction of sp³-hybridized carbons (Fsp3) is 0.381. The summed E-state index contributed by atoms with van der Waals surface area (Å²) in [6, 6.07) is 5.15. The molecule has 1 aliphatic heterocycles. The third-order valence-electron chi connectivity index (χ3n) is 4.98. The molecule has 0 radical (unpaired) electrons. The normalized spacial score (nSPS) is 15.1. The van der Waals surface area contributed by atoms with E-state index < -0.39 is 11.7 Å². The highest BCUT2D eigenvalue weighted by Crippen LogP contribution is 2.35. The van der Waals surface area contributed by atoms with E-state index in [1.165, 1.54) is 32.4 Å². The number of aromatic nitrogens is 3. The average Bonchev–Trinajstić information content (AvgIpc) is 3.22. The van der Waals surface area contributed by atoms with Gasteiger partial charge >= 0.3 is 6.18 Å². The molecule has 1 saturated heterocycles. The number of piperidine rings is 1. The van der Waals surface area contributed by atoms with Crippen molar-refractivity contribution in [3.8, 4) is 16.5 Å². The lowest BCUT2D eigenvalue weighted by atomic mass is 10.1. The molecule has 1 fully saturated rings. The van der Waals surface area contributed by atoms with Gasteiger partial charge in [-0.2, -0.15) is 13.2 Å². The van der Waals surface area contributed by atoms with Gasteiger partial charge in [-0.1, -0.05) is 6.42 Å². The first-order valence-electron chi connectivity index (χ1n) is 9.94. The summed E-state index contributed by atoms with van der Waals surface area (Å²) in [4.78, 5) is 16.6. The maximum atomic E-state index is 13.2. The number of thiazole rings is 1. The van der Waals surface area contributed by atoms with Crippen molar-refractivity contribution >= 4 is 23.0 Å². The molecule has 31 heavy (non-hydrogen) atoms. The van der Waals surface area contributed by atoms with Gasteiger partial charge < -0.3 is 10.1 Å². The highest BCUT2D eigenvalue weighted by Gasteiger charge is 2.31. The van der Waals surface area contributed by atoms with Crippen molar-refractivity contribution in [3.05, 3.63) is 47.1 Å². The van der Waals surface area contributed by atoms with Crippen LogP contribution < -0.4 is 10.1 Å². The van der Waals surface area contributed by atoms with E-state index in [0.717, 1.165) is 41.7 Å². The number of ether oxygens (including phenoxy) is 1. The first-order chi connectivity index (χ1) is 14.9. The van der Waals surface area contributed by atoms with Gasteiger partial charge in [0.15, 0.2) is 0 Å². The highest BCUT2D eigenvalue weighted by atomic mass is 32.1. The van der Waals surface area contributed by atoms with E-state index >= 15 is 0 Å². The van der Waals surface area contributed by atoms with Crippen molar-refractivity contribution in [2.45, 2.75) is 32.0 Å². The zero-order valence-corrected chi connectivity index (χ0v) is 17.8. The lowest BCUT2D eigenvalue weighted by molar-refractivity contribution is -0.137. The van der Waals surface area contributed by atoms with Crippen LogP contribution in [-0.2, 0) is 12.7 Å². The molecular formula is C21H22F3N5OS. The molecule has 1 aliphatic rings. The van der Waals surface area contributed by atoms with Crippen molar-refractivity contribution in [3.63, 3.8) is 0 Å². The molecule has 10 heteroatoms. The molecule has 0 bridgehead atoms. The van der Waals surface area contributed by atoms with Crippen LogP contribution in [-0.4, -0.2) is 40.1 Å². The number of rotatable bonds is 6. The van der Waals surface area contributed by atoms with E-state index in [0.29, 0.717) is 5.69 Å². The summed E-state index contributed by atoms with van der Waals surface area (Å²) in [7, 11) is 1.32. The standard InChI is InChI=1S/C21H22F3N5OS/c1-30-16-10-14(21(22,23)24)9-15(11-16)27-20-25-6-5-18(28-20)19-26-12-17(31-19)13-29-7-3-2-4-8-29/h5-6,9-12H,2-4,7-8,13H2,1H3,(H,25,27,28). The predicted molar refractivity (Wildman–Crippen MR) is 114 cm³/mol. The molecule has 0 spiro atoms. The Kier molecular flexibility index (Phi) is 6.38. The molecule has 3 heterocycles. The Morgan fingerprint density at radius 3 is 2.68 bits per heavy atom. The fourth-order valence-corrected chi connectivity index (χ4v) is 4.38. The Balaban J connectivity index is 1.51. The number of likely N-dealkylation sites (tertiary alicyclic amines) is 1. The zero-order valence-electron chi connectivity index (χ0n) is 16.9. The minimum Gasteiger partial charge on any atom is -0.497 e. The summed E-state index contributed by atoms with van der Waals surface area (Å²) in [5.74, 6) is 0.280. The van der Waals surface area contributed by atoms with E-state index in [1.54, 1.807) is 23.6 Å². The number of anilines is 2. The van der Waals surface area contributed by atoms with E-state index in [1.807, 2.05) is 6.20 Å². The van der Waals surface area contributed by atoms with Crippen LogP contribution in [0.15, 0.2) is 36.7 Å². The maximum absolute atomic E-state index is 13.2. The van der Waals surface area contributed by atoms with Crippen LogP contribution in [0.3, 0.4) is 0 Å². The Hall–Kier alpha value is -2.72. The molecule has 1 aromatic carbocycles. The Bertz CT molecular complexity index is 1030. The quantitative estimate of drug-likeness (QED) is 0.547. The summed E-state index contributed by atoms with van der Waals surface area (Å²) in [5, 5.41) is 3.59. The number of alkyl halides is 3. The second-order valence-electron chi connectivity index (χ2n) is 7.31. The molecular weight excluding hydrogens is 427 g/mol. The first-order valence-corrected chi connectivity index (χ1v) is 10.8. The minimum absolute atomic E-state index is 0.0933. The largest absolute Gasteiger partial charge is 0.497 e. The fourth-order valence-electron chi connectivity index (χ4n) is 3.46. The van der Waals surface area contributed by atoms with Crippen molar-refractivity contribution in [2.75, 3.05) is 25.5 Å². The average molecular weight is 450 g/mol. The summed E-state index contributed by atoms with van der Waals surface area (Å²) in [5.41, 5.74) is -0.00660. The molecule has 0 unspecified atom stereocenters. The number of hydrogen-bond donors (Lipinski definition) is 1. The van der Waals surface area contributed by atoms with Crippen LogP contribution in [0.4, 0.5) is 24.8 Å².